The fourth-order valence-corrected chi connectivity index (χ4v) is 3.96. The Morgan fingerprint density at radius 1 is 1.22 bits per heavy atom. The maximum Gasteiger partial charge on any atom is 0.311 e. The summed E-state index contributed by atoms with van der Waals surface area (Å²) in [5.41, 5.74) is -0.340. The third-order valence-corrected chi connectivity index (χ3v) is 5.61. The molecule has 1 heterocycles. The minimum Gasteiger partial charge on any atom is -0.462 e. The smallest absolute Gasteiger partial charge is 0.311 e. The molecule has 3 rings (SSSR count). The van der Waals surface area contributed by atoms with Crippen molar-refractivity contribution in [3.05, 3.63) is 0 Å². The third-order valence-electron chi connectivity index (χ3n) is 5.61. The van der Waals surface area contributed by atoms with E-state index in [4.69, 9.17) is 9.47 Å². The summed E-state index contributed by atoms with van der Waals surface area (Å²) in [6.07, 6.45) is 3.32. The van der Waals surface area contributed by atoms with Crippen LogP contribution in [0.3, 0.4) is 0 Å². The number of carbonyl (C=O) groups is 1. The molecule has 5 atom stereocenters. The highest BCUT2D eigenvalue weighted by Gasteiger charge is 2.56. The van der Waals surface area contributed by atoms with Crippen LogP contribution in [-0.4, -0.2) is 25.3 Å². The fraction of sp³-hybridized carbons (Fsp3) is 0.933. The summed E-state index contributed by atoms with van der Waals surface area (Å²) < 4.78 is 11.4. The van der Waals surface area contributed by atoms with Gasteiger partial charge in [-0.15, -0.1) is 0 Å². The zero-order chi connectivity index (χ0) is 12.9. The second-order valence-corrected chi connectivity index (χ2v) is 6.94. The van der Waals surface area contributed by atoms with Crippen molar-refractivity contribution in [3.63, 3.8) is 0 Å². The van der Waals surface area contributed by atoms with E-state index in [0.29, 0.717) is 11.8 Å². The Balaban J connectivity index is 1.65. The highest BCUT2D eigenvalue weighted by atomic mass is 16.5. The van der Waals surface area contributed by atoms with Crippen LogP contribution in [0.15, 0.2) is 0 Å². The average molecular weight is 252 g/mol. The molecule has 2 aliphatic carbocycles. The van der Waals surface area contributed by atoms with Crippen molar-refractivity contribution in [2.24, 2.45) is 29.1 Å². The van der Waals surface area contributed by atoms with Gasteiger partial charge in [0.2, 0.25) is 0 Å². The summed E-state index contributed by atoms with van der Waals surface area (Å²) >= 11 is 0. The van der Waals surface area contributed by atoms with Gasteiger partial charge in [-0.1, -0.05) is 6.92 Å². The summed E-state index contributed by atoms with van der Waals surface area (Å²) in [6.45, 7) is 7.82. The van der Waals surface area contributed by atoms with Gasteiger partial charge in [0.25, 0.3) is 0 Å². The topological polar surface area (TPSA) is 35.5 Å². The number of hydrogen-bond acceptors (Lipinski definition) is 3. The summed E-state index contributed by atoms with van der Waals surface area (Å²) in [4.78, 5) is 12.2. The Hall–Kier alpha value is -0.570. The fourth-order valence-electron chi connectivity index (χ4n) is 3.96. The van der Waals surface area contributed by atoms with Gasteiger partial charge in [0.05, 0.1) is 18.6 Å². The molecule has 0 aromatic heterocycles. The summed E-state index contributed by atoms with van der Waals surface area (Å²) in [6, 6.07) is 0. The van der Waals surface area contributed by atoms with Crippen LogP contribution in [0, 0.1) is 29.1 Å². The van der Waals surface area contributed by atoms with Gasteiger partial charge >= 0.3 is 5.97 Å². The predicted molar refractivity (Wildman–Crippen MR) is 68.0 cm³/mol. The van der Waals surface area contributed by atoms with E-state index in [1.54, 1.807) is 0 Å². The molecule has 2 saturated carbocycles. The lowest BCUT2D eigenvalue weighted by atomic mass is 9.80. The average Bonchev–Trinajstić information content (AvgIpc) is 2.99. The predicted octanol–water partition coefficient (Wildman–Crippen LogP) is 2.64. The Kier molecular flexibility index (Phi) is 2.92. The van der Waals surface area contributed by atoms with E-state index in [-0.39, 0.29) is 17.5 Å². The lowest BCUT2D eigenvalue weighted by Crippen LogP contribution is -2.37. The Bertz CT molecular complexity index is 350. The second kappa shape index (κ2) is 4.22. The minimum atomic E-state index is -0.340. The minimum absolute atomic E-state index is 0.0157. The lowest BCUT2D eigenvalue weighted by molar-refractivity contribution is -0.163. The molecule has 2 bridgehead atoms. The van der Waals surface area contributed by atoms with Gasteiger partial charge in [0.15, 0.2) is 0 Å². The molecular formula is C15H24O3. The highest BCUT2D eigenvalue weighted by Crippen LogP contribution is 2.55. The van der Waals surface area contributed by atoms with E-state index in [2.05, 4.69) is 0 Å². The van der Waals surface area contributed by atoms with Crippen molar-refractivity contribution in [2.75, 3.05) is 13.2 Å². The van der Waals surface area contributed by atoms with E-state index in [9.17, 15) is 4.79 Å². The maximum absolute atomic E-state index is 12.2. The molecule has 3 aliphatic rings. The lowest BCUT2D eigenvalue weighted by Gasteiger charge is -2.32. The molecule has 102 valence electrons. The standard InChI is InChI=1S/C15H24O3/c1-4-15(2,3)14(16)18-13-6-9-5-10(13)12-8-17-7-11(9)12/h9-13H,4-8H2,1-3H3. The number of ether oxygens (including phenoxy) is 2. The van der Waals surface area contributed by atoms with Crippen molar-refractivity contribution < 1.29 is 14.3 Å². The summed E-state index contributed by atoms with van der Waals surface area (Å²) in [5.74, 6) is 2.71. The molecule has 0 radical (unpaired) electrons. The summed E-state index contributed by atoms with van der Waals surface area (Å²) in [5, 5.41) is 0. The highest BCUT2D eigenvalue weighted by molar-refractivity contribution is 5.76. The number of rotatable bonds is 3. The van der Waals surface area contributed by atoms with Crippen molar-refractivity contribution in [2.45, 2.75) is 46.1 Å². The van der Waals surface area contributed by atoms with Crippen molar-refractivity contribution >= 4 is 5.97 Å². The van der Waals surface area contributed by atoms with Crippen LogP contribution in [-0.2, 0) is 14.3 Å². The molecule has 0 amide bonds. The van der Waals surface area contributed by atoms with Crippen molar-refractivity contribution in [1.82, 2.24) is 0 Å². The molecule has 18 heavy (non-hydrogen) atoms. The van der Waals surface area contributed by atoms with Crippen LogP contribution in [0.5, 0.6) is 0 Å². The molecule has 5 unspecified atom stereocenters. The molecule has 3 fully saturated rings. The van der Waals surface area contributed by atoms with Gasteiger partial charge in [0, 0.05) is 5.92 Å². The first kappa shape index (κ1) is 12.5. The molecular weight excluding hydrogens is 228 g/mol. The quantitative estimate of drug-likeness (QED) is 0.724. The van der Waals surface area contributed by atoms with Gasteiger partial charge in [-0.3, -0.25) is 4.79 Å². The molecule has 3 nitrogen and oxygen atoms in total. The van der Waals surface area contributed by atoms with E-state index < -0.39 is 0 Å². The maximum atomic E-state index is 12.2. The van der Waals surface area contributed by atoms with Gasteiger partial charge < -0.3 is 9.47 Å². The van der Waals surface area contributed by atoms with E-state index in [1.165, 1.54) is 6.42 Å². The van der Waals surface area contributed by atoms with Crippen molar-refractivity contribution in [3.8, 4) is 0 Å². The second-order valence-electron chi connectivity index (χ2n) is 6.94. The third kappa shape index (κ3) is 1.78. The van der Waals surface area contributed by atoms with Crippen LogP contribution in [0.1, 0.15) is 40.0 Å². The first-order valence-electron chi connectivity index (χ1n) is 7.31. The van der Waals surface area contributed by atoms with E-state index >= 15 is 0 Å². The van der Waals surface area contributed by atoms with Crippen LogP contribution >= 0.6 is 0 Å². The molecule has 1 aliphatic heterocycles. The SMILES string of the molecule is CCC(C)(C)C(=O)OC1CC2CC1C1COCC21. The van der Waals surface area contributed by atoms with Gasteiger partial charge in [-0.2, -0.15) is 0 Å². The monoisotopic (exact) mass is 252 g/mol. The Morgan fingerprint density at radius 2 is 1.94 bits per heavy atom. The Labute approximate surface area is 109 Å². The Morgan fingerprint density at radius 3 is 2.67 bits per heavy atom. The van der Waals surface area contributed by atoms with Crippen molar-refractivity contribution in [1.29, 1.82) is 0 Å². The zero-order valence-corrected chi connectivity index (χ0v) is 11.6. The number of fused-ring (bicyclic) bond motifs is 5. The van der Waals surface area contributed by atoms with Gasteiger partial charge in [-0.05, 0) is 50.9 Å². The molecule has 0 aromatic rings. The largest absolute Gasteiger partial charge is 0.462 e. The van der Waals surface area contributed by atoms with Crippen LogP contribution in [0.25, 0.3) is 0 Å². The normalized spacial score (nSPS) is 42.1. The molecule has 1 saturated heterocycles. The number of esters is 1. The zero-order valence-electron chi connectivity index (χ0n) is 11.6. The van der Waals surface area contributed by atoms with E-state index in [0.717, 1.165) is 37.9 Å². The molecule has 0 spiro atoms. The molecule has 3 heteroatoms. The van der Waals surface area contributed by atoms with Crippen LogP contribution < -0.4 is 0 Å². The number of carbonyl (C=O) groups excluding carboxylic acids is 1. The molecule has 0 N–H and O–H groups in total. The van der Waals surface area contributed by atoms with Crippen LogP contribution in [0.2, 0.25) is 0 Å². The van der Waals surface area contributed by atoms with E-state index in [1.807, 2.05) is 20.8 Å². The first-order chi connectivity index (χ1) is 8.53. The molecule has 0 aromatic carbocycles. The van der Waals surface area contributed by atoms with Gasteiger partial charge in [-0.25, -0.2) is 0 Å². The number of hydrogen-bond donors (Lipinski definition) is 0. The first-order valence-corrected chi connectivity index (χ1v) is 7.31. The summed E-state index contributed by atoms with van der Waals surface area (Å²) in [7, 11) is 0. The van der Waals surface area contributed by atoms with Gasteiger partial charge in [0.1, 0.15) is 6.10 Å². The van der Waals surface area contributed by atoms with Crippen LogP contribution in [0.4, 0.5) is 0 Å².